The molecule has 0 bridgehead atoms. The van der Waals surface area contributed by atoms with Gasteiger partial charge in [0.1, 0.15) is 6.54 Å². The Labute approximate surface area is 132 Å². The first-order chi connectivity index (χ1) is 10.7. The second-order valence-electron chi connectivity index (χ2n) is 6.27. The summed E-state index contributed by atoms with van der Waals surface area (Å²) in [6.07, 6.45) is -5.04. The molecular formula is C14H22F3N3O3. The number of β-amino-alcohol motifs (C(OH)–C–C–N with tert-alkyl or cyclic N) is 1. The highest BCUT2D eigenvalue weighted by atomic mass is 19.4. The Kier molecular flexibility index (Phi) is 5.51. The van der Waals surface area contributed by atoms with E-state index in [-0.39, 0.29) is 18.9 Å². The highest BCUT2D eigenvalue weighted by Crippen LogP contribution is 2.25. The Morgan fingerprint density at radius 1 is 1.30 bits per heavy atom. The summed E-state index contributed by atoms with van der Waals surface area (Å²) < 4.78 is 37.2. The first-order valence-electron chi connectivity index (χ1n) is 7.69. The van der Waals surface area contributed by atoms with Crippen LogP contribution in [0.2, 0.25) is 0 Å². The average molecular weight is 337 g/mol. The minimum Gasteiger partial charge on any atom is -0.392 e. The summed E-state index contributed by atoms with van der Waals surface area (Å²) in [7, 11) is 0. The molecule has 2 heterocycles. The topological polar surface area (TPSA) is 64.1 Å². The molecule has 2 fully saturated rings. The van der Waals surface area contributed by atoms with Gasteiger partial charge in [-0.3, -0.25) is 14.5 Å². The Hall–Kier alpha value is -1.35. The molecule has 2 unspecified atom stereocenters. The predicted molar refractivity (Wildman–Crippen MR) is 75.4 cm³/mol. The van der Waals surface area contributed by atoms with Crippen molar-refractivity contribution in [1.29, 1.82) is 0 Å². The van der Waals surface area contributed by atoms with Crippen molar-refractivity contribution in [1.82, 2.24) is 14.7 Å². The molecule has 2 aliphatic heterocycles. The fourth-order valence-electron chi connectivity index (χ4n) is 3.09. The molecule has 2 rings (SSSR count). The molecule has 2 amide bonds. The fourth-order valence-corrected chi connectivity index (χ4v) is 3.09. The summed E-state index contributed by atoms with van der Waals surface area (Å²) in [5.74, 6) is -1.55. The van der Waals surface area contributed by atoms with Crippen LogP contribution < -0.4 is 0 Å². The van der Waals surface area contributed by atoms with Crippen LogP contribution in [0.1, 0.15) is 13.3 Å². The average Bonchev–Trinajstić information content (AvgIpc) is 2.77. The highest BCUT2D eigenvalue weighted by molar-refractivity contribution is 5.89. The monoisotopic (exact) mass is 337 g/mol. The lowest BCUT2D eigenvalue weighted by molar-refractivity contribution is -0.157. The first-order valence-corrected chi connectivity index (χ1v) is 7.69. The molecule has 23 heavy (non-hydrogen) atoms. The van der Waals surface area contributed by atoms with Gasteiger partial charge in [0.15, 0.2) is 0 Å². The van der Waals surface area contributed by atoms with Crippen molar-refractivity contribution < 1.29 is 27.9 Å². The van der Waals surface area contributed by atoms with Crippen LogP contribution in [-0.2, 0) is 9.59 Å². The third-order valence-corrected chi connectivity index (χ3v) is 4.14. The van der Waals surface area contributed by atoms with Gasteiger partial charge in [0.05, 0.1) is 12.0 Å². The number of hydrogen-bond acceptors (Lipinski definition) is 4. The van der Waals surface area contributed by atoms with E-state index in [0.29, 0.717) is 37.6 Å². The van der Waals surface area contributed by atoms with Crippen molar-refractivity contribution >= 4 is 11.8 Å². The SMILES string of the molecule is CC(O)CN1CCN(C(=O)C2CC(=O)N(CC(F)(F)F)C2)CC1. The zero-order valence-electron chi connectivity index (χ0n) is 13.1. The number of carbonyl (C=O) groups is 2. The molecule has 132 valence electrons. The third kappa shape index (κ3) is 5.07. The van der Waals surface area contributed by atoms with Crippen molar-refractivity contribution in [2.24, 2.45) is 5.92 Å². The van der Waals surface area contributed by atoms with E-state index in [2.05, 4.69) is 0 Å². The number of alkyl halides is 3. The number of aliphatic hydroxyl groups is 1. The molecule has 2 aliphatic rings. The van der Waals surface area contributed by atoms with E-state index in [4.69, 9.17) is 0 Å². The van der Waals surface area contributed by atoms with Crippen LogP contribution in [0.5, 0.6) is 0 Å². The molecule has 2 atom stereocenters. The van der Waals surface area contributed by atoms with Gasteiger partial charge in [-0.2, -0.15) is 13.2 Å². The van der Waals surface area contributed by atoms with Crippen molar-refractivity contribution in [2.45, 2.75) is 25.6 Å². The second-order valence-corrected chi connectivity index (χ2v) is 6.27. The van der Waals surface area contributed by atoms with Crippen LogP contribution >= 0.6 is 0 Å². The standard InChI is InChI=1S/C14H22F3N3O3/c1-10(21)7-18-2-4-19(5-3-18)13(23)11-6-12(22)20(8-11)9-14(15,16)17/h10-11,21H,2-9H2,1H3. The van der Waals surface area contributed by atoms with Crippen LogP contribution in [0, 0.1) is 5.92 Å². The smallest absolute Gasteiger partial charge is 0.392 e. The summed E-state index contributed by atoms with van der Waals surface area (Å²) in [6.45, 7) is 2.93. The van der Waals surface area contributed by atoms with Gasteiger partial charge in [-0.15, -0.1) is 0 Å². The quantitative estimate of drug-likeness (QED) is 0.780. The summed E-state index contributed by atoms with van der Waals surface area (Å²) in [6, 6.07) is 0. The Balaban J connectivity index is 1.84. The molecule has 9 heteroatoms. The van der Waals surface area contributed by atoms with E-state index in [0.717, 1.165) is 0 Å². The maximum Gasteiger partial charge on any atom is 0.406 e. The van der Waals surface area contributed by atoms with Gasteiger partial charge in [-0.1, -0.05) is 0 Å². The van der Waals surface area contributed by atoms with E-state index >= 15 is 0 Å². The van der Waals surface area contributed by atoms with E-state index in [1.165, 1.54) is 0 Å². The lowest BCUT2D eigenvalue weighted by Crippen LogP contribution is -2.51. The van der Waals surface area contributed by atoms with Gasteiger partial charge >= 0.3 is 6.18 Å². The summed E-state index contributed by atoms with van der Waals surface area (Å²) in [5.41, 5.74) is 0. The molecule has 0 spiro atoms. The molecule has 0 aromatic carbocycles. The number of amides is 2. The molecule has 2 saturated heterocycles. The molecule has 1 N–H and O–H groups in total. The van der Waals surface area contributed by atoms with Gasteiger partial charge in [0.25, 0.3) is 0 Å². The molecule has 0 aromatic heterocycles. The zero-order valence-corrected chi connectivity index (χ0v) is 13.1. The third-order valence-electron chi connectivity index (χ3n) is 4.14. The largest absolute Gasteiger partial charge is 0.406 e. The van der Waals surface area contributed by atoms with Gasteiger partial charge < -0.3 is 14.9 Å². The van der Waals surface area contributed by atoms with Gasteiger partial charge in [-0.25, -0.2) is 0 Å². The maximum atomic E-state index is 12.4. The Morgan fingerprint density at radius 3 is 2.43 bits per heavy atom. The van der Waals surface area contributed by atoms with E-state index in [1.54, 1.807) is 11.8 Å². The minimum absolute atomic E-state index is 0.150. The maximum absolute atomic E-state index is 12.4. The number of hydrogen-bond donors (Lipinski definition) is 1. The van der Waals surface area contributed by atoms with E-state index in [9.17, 15) is 27.9 Å². The number of rotatable bonds is 4. The molecule has 0 aliphatic carbocycles. The van der Waals surface area contributed by atoms with E-state index in [1.807, 2.05) is 4.90 Å². The molecule has 6 nitrogen and oxygen atoms in total. The molecule has 0 radical (unpaired) electrons. The normalized spacial score (nSPS) is 25.1. The lowest BCUT2D eigenvalue weighted by Gasteiger charge is -2.36. The van der Waals surface area contributed by atoms with Gasteiger partial charge in [0, 0.05) is 45.7 Å². The van der Waals surface area contributed by atoms with Crippen LogP contribution in [0.4, 0.5) is 13.2 Å². The van der Waals surface area contributed by atoms with Crippen molar-refractivity contribution in [3.8, 4) is 0 Å². The minimum atomic E-state index is -4.44. The van der Waals surface area contributed by atoms with Crippen molar-refractivity contribution in [3.05, 3.63) is 0 Å². The molecule has 0 aromatic rings. The number of likely N-dealkylation sites (tertiary alicyclic amines) is 1. The Bertz CT molecular complexity index is 448. The molecule has 0 saturated carbocycles. The van der Waals surface area contributed by atoms with E-state index < -0.39 is 30.7 Å². The van der Waals surface area contributed by atoms with Gasteiger partial charge in [0.2, 0.25) is 11.8 Å². The number of piperazine rings is 1. The fraction of sp³-hybridized carbons (Fsp3) is 0.857. The number of nitrogens with zero attached hydrogens (tertiary/aromatic N) is 3. The Morgan fingerprint density at radius 2 is 1.91 bits per heavy atom. The van der Waals surface area contributed by atoms with Crippen LogP contribution in [0.15, 0.2) is 0 Å². The summed E-state index contributed by atoms with van der Waals surface area (Å²) in [5, 5.41) is 9.35. The van der Waals surface area contributed by atoms with Crippen molar-refractivity contribution in [2.75, 3.05) is 45.8 Å². The molecular weight excluding hydrogens is 315 g/mol. The van der Waals surface area contributed by atoms with Crippen LogP contribution in [0.25, 0.3) is 0 Å². The second kappa shape index (κ2) is 7.04. The lowest BCUT2D eigenvalue weighted by atomic mass is 10.1. The summed E-state index contributed by atoms with van der Waals surface area (Å²) in [4.78, 5) is 28.4. The van der Waals surface area contributed by atoms with Crippen molar-refractivity contribution in [3.63, 3.8) is 0 Å². The highest BCUT2D eigenvalue weighted by Gasteiger charge is 2.41. The van der Waals surface area contributed by atoms with Gasteiger partial charge in [-0.05, 0) is 6.92 Å². The predicted octanol–water partition coefficient (Wildman–Crippen LogP) is -0.0778. The number of carbonyl (C=O) groups excluding carboxylic acids is 2. The number of halogens is 3. The zero-order chi connectivity index (χ0) is 17.2. The van der Waals surface area contributed by atoms with Crippen LogP contribution in [0.3, 0.4) is 0 Å². The number of aliphatic hydroxyl groups excluding tert-OH is 1. The first kappa shape index (κ1) is 18.0. The van der Waals surface area contributed by atoms with Crippen LogP contribution in [-0.4, -0.2) is 89.7 Å². The summed E-state index contributed by atoms with van der Waals surface area (Å²) >= 11 is 0.